The minimum absolute atomic E-state index is 0.394. The van der Waals surface area contributed by atoms with Crippen LogP contribution in [0.3, 0.4) is 0 Å². The molecule has 2 heteroatoms. The zero-order valence-corrected chi connectivity index (χ0v) is 7.40. The summed E-state index contributed by atoms with van der Waals surface area (Å²) in [7, 11) is 3.17. The Morgan fingerprint density at radius 1 is 1.17 bits per heavy atom. The summed E-state index contributed by atoms with van der Waals surface area (Å²) < 4.78 is -0.394. The van der Waals surface area contributed by atoms with Gasteiger partial charge in [0, 0.05) is 0 Å². The monoisotopic (exact) mass is 163 g/mol. The fourth-order valence-electron chi connectivity index (χ4n) is 0.830. The van der Waals surface area contributed by atoms with Gasteiger partial charge in [-0.2, -0.15) is 0 Å². The molecule has 0 fully saturated rings. The van der Waals surface area contributed by atoms with E-state index < -0.39 is 4.65 Å². The highest BCUT2D eigenvalue weighted by atomic mass is 16.5. The molecule has 0 saturated carbocycles. The van der Waals surface area contributed by atoms with Gasteiger partial charge in [0.05, 0.1) is 20.3 Å². The Hall–Kier alpha value is -1.12. The second kappa shape index (κ2) is 3.52. The van der Waals surface area contributed by atoms with E-state index in [1.54, 1.807) is 20.3 Å². The third-order valence-corrected chi connectivity index (χ3v) is 1.43. The number of benzene rings is 1. The van der Waals surface area contributed by atoms with Crippen LogP contribution in [0.15, 0.2) is 36.5 Å². The van der Waals surface area contributed by atoms with Gasteiger partial charge >= 0.3 is 0 Å². The van der Waals surface area contributed by atoms with Gasteiger partial charge in [0.15, 0.2) is 0 Å². The van der Waals surface area contributed by atoms with Crippen molar-refractivity contribution in [1.82, 2.24) is 0 Å². The van der Waals surface area contributed by atoms with E-state index in [4.69, 9.17) is 0 Å². The van der Waals surface area contributed by atoms with E-state index in [1.807, 2.05) is 36.4 Å². The maximum absolute atomic E-state index is 11.1. The normalized spacial score (nSPS) is 12.2. The molecule has 0 aliphatic carbocycles. The number of hydroxylamine groups is 3. The van der Waals surface area contributed by atoms with Gasteiger partial charge in [-0.25, -0.2) is 0 Å². The fraction of sp³-hybridized carbons (Fsp3) is 0.200. The Morgan fingerprint density at radius 3 is 2.25 bits per heavy atom. The molecule has 1 aromatic rings. The highest BCUT2D eigenvalue weighted by Crippen LogP contribution is 2.03. The molecule has 12 heavy (non-hydrogen) atoms. The van der Waals surface area contributed by atoms with Gasteiger partial charge in [-0.15, -0.1) is 0 Å². The van der Waals surface area contributed by atoms with Crippen LogP contribution in [0.5, 0.6) is 0 Å². The van der Waals surface area contributed by atoms with Crippen LogP contribution in [-0.2, 0) is 0 Å². The summed E-state index contributed by atoms with van der Waals surface area (Å²) in [6.07, 6.45) is 3.43. The summed E-state index contributed by atoms with van der Waals surface area (Å²) in [5, 5.41) is 11.1. The molecule has 0 aliphatic heterocycles. The maximum Gasteiger partial charge on any atom is 0.0960 e. The first-order chi connectivity index (χ1) is 5.58. The van der Waals surface area contributed by atoms with Crippen molar-refractivity contribution in [1.29, 1.82) is 0 Å². The number of hydrogen-bond acceptors (Lipinski definition) is 1. The van der Waals surface area contributed by atoms with Gasteiger partial charge < -0.3 is 9.85 Å². The molecule has 0 N–H and O–H groups in total. The lowest BCUT2D eigenvalue weighted by Gasteiger charge is -2.28. The van der Waals surface area contributed by atoms with E-state index in [1.165, 1.54) is 0 Å². The first-order valence-corrected chi connectivity index (χ1v) is 3.87. The van der Waals surface area contributed by atoms with Crippen LogP contribution in [0.2, 0.25) is 0 Å². The van der Waals surface area contributed by atoms with Crippen LogP contribution in [0.25, 0.3) is 6.08 Å². The fourth-order valence-corrected chi connectivity index (χ4v) is 0.830. The predicted octanol–water partition coefficient (Wildman–Crippen LogP) is 2.23. The molecule has 0 amide bonds. The van der Waals surface area contributed by atoms with Crippen LogP contribution >= 0.6 is 0 Å². The molecule has 1 aromatic carbocycles. The Labute approximate surface area is 72.9 Å². The number of hydrogen-bond donors (Lipinski definition) is 0. The second-order valence-corrected chi connectivity index (χ2v) is 3.16. The average molecular weight is 163 g/mol. The molecule has 0 saturated heterocycles. The van der Waals surface area contributed by atoms with Crippen molar-refractivity contribution in [3.8, 4) is 0 Å². The van der Waals surface area contributed by atoms with E-state index in [0.717, 1.165) is 5.56 Å². The quantitative estimate of drug-likeness (QED) is 0.484. The summed E-state index contributed by atoms with van der Waals surface area (Å²) >= 11 is 0. The van der Waals surface area contributed by atoms with Gasteiger partial charge in [0.25, 0.3) is 0 Å². The number of rotatable bonds is 2. The molecule has 2 nitrogen and oxygen atoms in total. The zero-order chi connectivity index (χ0) is 9.03. The van der Waals surface area contributed by atoms with Gasteiger partial charge in [0.2, 0.25) is 0 Å². The van der Waals surface area contributed by atoms with Crippen LogP contribution < -0.4 is 0 Å². The van der Waals surface area contributed by atoms with Crippen molar-refractivity contribution in [2.75, 3.05) is 14.1 Å². The van der Waals surface area contributed by atoms with Crippen LogP contribution in [0.4, 0.5) is 0 Å². The zero-order valence-electron chi connectivity index (χ0n) is 7.40. The van der Waals surface area contributed by atoms with Gasteiger partial charge in [-0.1, -0.05) is 30.3 Å². The Bertz CT molecular complexity index is 259. The molecule has 1 rings (SSSR count). The van der Waals surface area contributed by atoms with Crippen molar-refractivity contribution in [2.45, 2.75) is 0 Å². The van der Waals surface area contributed by atoms with Gasteiger partial charge in [0.1, 0.15) is 0 Å². The standard InChI is InChI=1S/C10H13NO/c1-11(2,12)9-8-10-6-4-3-5-7-10/h3-9H,1-2H3. The highest BCUT2D eigenvalue weighted by molar-refractivity contribution is 5.47. The topological polar surface area (TPSA) is 23.1 Å². The average Bonchev–Trinajstić information content (AvgIpc) is 2.02. The number of quaternary nitrogens is 1. The second-order valence-electron chi connectivity index (χ2n) is 3.16. The SMILES string of the molecule is C[N+](C)([O-])C=Cc1ccccc1. The first-order valence-electron chi connectivity index (χ1n) is 3.87. The molecule has 0 aliphatic rings. The van der Waals surface area contributed by atoms with Crippen molar-refractivity contribution in [3.63, 3.8) is 0 Å². The van der Waals surface area contributed by atoms with E-state index in [2.05, 4.69) is 0 Å². The summed E-state index contributed by atoms with van der Waals surface area (Å²) in [6, 6.07) is 9.78. The molecule has 0 spiro atoms. The Balaban J connectivity index is 2.71. The lowest BCUT2D eigenvalue weighted by molar-refractivity contribution is -0.784. The summed E-state index contributed by atoms with van der Waals surface area (Å²) in [5.74, 6) is 0. The molecular formula is C10H13NO. The molecule has 0 bridgehead atoms. The smallest absolute Gasteiger partial charge is 0.0960 e. The van der Waals surface area contributed by atoms with Gasteiger partial charge in [-0.3, -0.25) is 0 Å². The predicted molar refractivity (Wildman–Crippen MR) is 51.0 cm³/mol. The van der Waals surface area contributed by atoms with Crippen molar-refractivity contribution < 1.29 is 4.65 Å². The van der Waals surface area contributed by atoms with E-state index in [9.17, 15) is 5.21 Å². The summed E-state index contributed by atoms with van der Waals surface area (Å²) in [5.41, 5.74) is 1.06. The lowest BCUT2D eigenvalue weighted by Crippen LogP contribution is -2.23. The van der Waals surface area contributed by atoms with E-state index in [0.29, 0.717) is 0 Å². The van der Waals surface area contributed by atoms with Crippen molar-refractivity contribution >= 4 is 6.08 Å². The minimum atomic E-state index is -0.394. The molecule has 0 unspecified atom stereocenters. The van der Waals surface area contributed by atoms with Gasteiger partial charge in [-0.05, 0) is 11.6 Å². The summed E-state index contributed by atoms with van der Waals surface area (Å²) in [4.78, 5) is 0. The molecule has 0 radical (unpaired) electrons. The Morgan fingerprint density at radius 2 is 1.75 bits per heavy atom. The van der Waals surface area contributed by atoms with Crippen LogP contribution in [0.1, 0.15) is 5.56 Å². The minimum Gasteiger partial charge on any atom is -0.628 e. The van der Waals surface area contributed by atoms with Crippen molar-refractivity contribution in [3.05, 3.63) is 47.3 Å². The third kappa shape index (κ3) is 3.32. The highest BCUT2D eigenvalue weighted by Gasteiger charge is 1.92. The lowest BCUT2D eigenvalue weighted by atomic mass is 10.2. The maximum atomic E-state index is 11.1. The summed E-state index contributed by atoms with van der Waals surface area (Å²) in [6.45, 7) is 0. The van der Waals surface area contributed by atoms with Crippen molar-refractivity contribution in [2.24, 2.45) is 0 Å². The molecular weight excluding hydrogens is 150 g/mol. The van der Waals surface area contributed by atoms with E-state index >= 15 is 0 Å². The Kier molecular flexibility index (Phi) is 2.63. The van der Waals surface area contributed by atoms with Crippen LogP contribution in [0, 0.1) is 5.21 Å². The molecule has 0 heterocycles. The molecule has 0 aromatic heterocycles. The molecule has 0 atom stereocenters. The molecule has 64 valence electrons. The third-order valence-electron chi connectivity index (χ3n) is 1.43. The van der Waals surface area contributed by atoms with E-state index in [-0.39, 0.29) is 0 Å². The number of nitrogens with zero attached hydrogens (tertiary/aromatic N) is 1. The largest absolute Gasteiger partial charge is 0.628 e. The first kappa shape index (κ1) is 8.97. The van der Waals surface area contributed by atoms with Crippen LogP contribution in [-0.4, -0.2) is 18.7 Å².